The van der Waals surface area contributed by atoms with E-state index in [0.29, 0.717) is 17.6 Å². The summed E-state index contributed by atoms with van der Waals surface area (Å²) < 4.78 is 27.6. The minimum Gasteiger partial charge on any atom is -0.368 e. The highest BCUT2D eigenvalue weighted by Gasteiger charge is 2.22. The van der Waals surface area contributed by atoms with E-state index in [2.05, 4.69) is 6.92 Å². The maximum Gasteiger partial charge on any atom is 0.472 e. The molecular formula is C24H53NO6P+. The molecular weight excluding hydrogens is 429 g/mol. The van der Waals surface area contributed by atoms with Crippen LogP contribution in [0.3, 0.4) is 0 Å². The lowest BCUT2D eigenvalue weighted by Gasteiger charge is -2.24. The van der Waals surface area contributed by atoms with Gasteiger partial charge in [0.15, 0.2) is 6.29 Å². The third kappa shape index (κ3) is 24.6. The molecule has 0 bridgehead atoms. The molecule has 2 unspecified atom stereocenters. The Labute approximate surface area is 198 Å². The molecule has 0 aromatic heterocycles. The molecule has 0 spiro atoms. The van der Waals surface area contributed by atoms with Gasteiger partial charge in [-0.2, -0.15) is 0 Å². The first-order valence-corrected chi connectivity index (χ1v) is 14.4. The predicted octanol–water partition coefficient (Wildman–Crippen LogP) is 6.03. The molecule has 0 fully saturated rings. The van der Waals surface area contributed by atoms with E-state index in [9.17, 15) is 14.6 Å². The number of phosphoric acid groups is 1. The number of aliphatic hydroxyl groups is 1. The van der Waals surface area contributed by atoms with Crippen LogP contribution in [-0.4, -0.2) is 68.3 Å². The zero-order valence-corrected chi connectivity index (χ0v) is 22.3. The lowest BCUT2D eigenvalue weighted by atomic mass is 10.0. The van der Waals surface area contributed by atoms with E-state index in [1.165, 1.54) is 77.0 Å². The number of nitrogens with zero attached hydrogens (tertiary/aromatic N) is 1. The van der Waals surface area contributed by atoms with E-state index >= 15 is 0 Å². The number of likely N-dealkylation sites (N-methyl/N-ethyl adjacent to an activating group) is 1. The van der Waals surface area contributed by atoms with Crippen molar-refractivity contribution >= 4 is 7.82 Å². The molecule has 0 saturated carbocycles. The molecule has 0 rings (SSSR count). The van der Waals surface area contributed by atoms with Gasteiger partial charge in [0.05, 0.1) is 27.7 Å². The molecule has 8 heteroatoms. The highest BCUT2D eigenvalue weighted by Crippen LogP contribution is 2.43. The summed E-state index contributed by atoms with van der Waals surface area (Å²) in [5.74, 6) is 0. The Bertz CT molecular complexity index is 458. The normalized spacial score (nSPS) is 15.1. The van der Waals surface area contributed by atoms with Crippen molar-refractivity contribution in [3.8, 4) is 0 Å². The van der Waals surface area contributed by atoms with Crippen molar-refractivity contribution in [2.45, 2.75) is 110 Å². The molecule has 0 aliphatic rings. The molecule has 2 N–H and O–H groups in total. The van der Waals surface area contributed by atoms with Crippen LogP contribution in [0.25, 0.3) is 0 Å². The summed E-state index contributed by atoms with van der Waals surface area (Å²) in [7, 11) is 1.84. The Balaban J connectivity index is 3.41. The fourth-order valence-corrected chi connectivity index (χ4v) is 4.06. The Morgan fingerprint density at radius 3 is 1.62 bits per heavy atom. The highest BCUT2D eigenvalue weighted by molar-refractivity contribution is 7.47. The SMILES string of the molecule is CCCCCCCCCCCCCCCCOC(O)CCOP(=O)(O)OCC[N+](C)(C)C. The number of aliphatic hydroxyl groups excluding tert-OH is 1. The lowest BCUT2D eigenvalue weighted by Crippen LogP contribution is -2.37. The summed E-state index contributed by atoms with van der Waals surface area (Å²) in [6.45, 7) is 3.40. The second kappa shape index (κ2) is 20.4. The standard InChI is InChI=1S/C24H52NO6P/c1-5-6-7-8-9-10-11-12-13-14-15-16-17-18-21-29-24(26)19-22-30-32(27,28)31-23-20-25(2,3)4/h24,26H,5-23H2,1-4H3/p+1. The smallest absolute Gasteiger partial charge is 0.368 e. The number of unbranched alkanes of at least 4 members (excludes halogenated alkanes) is 13. The quantitative estimate of drug-likeness (QED) is 0.0756. The van der Waals surface area contributed by atoms with E-state index in [1.54, 1.807) is 0 Å². The first-order chi connectivity index (χ1) is 15.2. The highest BCUT2D eigenvalue weighted by atomic mass is 31.2. The van der Waals surface area contributed by atoms with Crippen molar-refractivity contribution in [3.63, 3.8) is 0 Å². The van der Waals surface area contributed by atoms with Crippen molar-refractivity contribution in [1.29, 1.82) is 0 Å². The number of hydrogen-bond donors (Lipinski definition) is 2. The van der Waals surface area contributed by atoms with Gasteiger partial charge < -0.3 is 19.2 Å². The number of hydrogen-bond acceptors (Lipinski definition) is 5. The molecule has 0 aromatic carbocycles. The summed E-state index contributed by atoms with van der Waals surface area (Å²) in [5, 5.41) is 9.82. The van der Waals surface area contributed by atoms with Crippen LogP contribution in [0.15, 0.2) is 0 Å². The lowest BCUT2D eigenvalue weighted by molar-refractivity contribution is -0.870. The fourth-order valence-electron chi connectivity index (χ4n) is 3.34. The van der Waals surface area contributed by atoms with Gasteiger partial charge in [0, 0.05) is 13.0 Å². The summed E-state index contributed by atoms with van der Waals surface area (Å²) >= 11 is 0. The van der Waals surface area contributed by atoms with Gasteiger partial charge in [0.2, 0.25) is 0 Å². The van der Waals surface area contributed by atoms with Crippen LogP contribution in [-0.2, 0) is 18.3 Å². The van der Waals surface area contributed by atoms with Crippen LogP contribution >= 0.6 is 7.82 Å². The molecule has 0 saturated heterocycles. The number of rotatable bonds is 24. The minimum absolute atomic E-state index is 0.0853. The van der Waals surface area contributed by atoms with E-state index in [4.69, 9.17) is 13.8 Å². The van der Waals surface area contributed by atoms with Crippen LogP contribution in [0.4, 0.5) is 0 Å². The molecule has 7 nitrogen and oxygen atoms in total. The van der Waals surface area contributed by atoms with E-state index in [1.807, 2.05) is 21.1 Å². The molecule has 0 aliphatic carbocycles. The maximum atomic E-state index is 11.8. The third-order valence-electron chi connectivity index (χ3n) is 5.44. The van der Waals surface area contributed by atoms with Crippen LogP contribution in [0, 0.1) is 0 Å². The Hall–Kier alpha value is -0.0100. The summed E-state index contributed by atoms with van der Waals surface area (Å²) in [4.78, 5) is 9.62. The average molecular weight is 483 g/mol. The van der Waals surface area contributed by atoms with Gasteiger partial charge in [-0.3, -0.25) is 9.05 Å². The molecule has 2 atom stereocenters. The van der Waals surface area contributed by atoms with Crippen molar-refractivity contribution in [2.75, 3.05) is 47.5 Å². The maximum absolute atomic E-state index is 11.8. The molecule has 0 aliphatic heterocycles. The van der Waals surface area contributed by atoms with E-state index in [0.717, 1.165) is 12.8 Å². The molecule has 0 aromatic rings. The van der Waals surface area contributed by atoms with E-state index < -0.39 is 14.1 Å². The van der Waals surface area contributed by atoms with Gasteiger partial charge in [-0.15, -0.1) is 0 Å². The largest absolute Gasteiger partial charge is 0.472 e. The van der Waals surface area contributed by atoms with Crippen molar-refractivity contribution < 1.29 is 32.8 Å². The summed E-state index contributed by atoms with van der Waals surface area (Å²) in [5.41, 5.74) is 0. The Morgan fingerprint density at radius 1 is 0.719 bits per heavy atom. The van der Waals surface area contributed by atoms with Gasteiger partial charge >= 0.3 is 7.82 Å². The van der Waals surface area contributed by atoms with Crippen molar-refractivity contribution in [1.82, 2.24) is 0 Å². The molecule has 0 amide bonds. The average Bonchev–Trinajstić information content (AvgIpc) is 2.69. The topological polar surface area (TPSA) is 85.2 Å². The second-order valence-corrected chi connectivity index (χ2v) is 11.3. The first kappa shape index (κ1) is 32.0. The van der Waals surface area contributed by atoms with Crippen LogP contribution in [0.5, 0.6) is 0 Å². The van der Waals surface area contributed by atoms with Crippen LogP contribution in [0.1, 0.15) is 103 Å². The second-order valence-electron chi connectivity index (χ2n) is 9.86. The van der Waals surface area contributed by atoms with Gasteiger partial charge in [-0.05, 0) is 6.42 Å². The third-order valence-corrected chi connectivity index (χ3v) is 6.46. The molecule has 194 valence electrons. The van der Waals surface area contributed by atoms with Crippen LogP contribution < -0.4 is 0 Å². The van der Waals surface area contributed by atoms with Gasteiger partial charge in [0.1, 0.15) is 13.2 Å². The van der Waals surface area contributed by atoms with Crippen LogP contribution in [0.2, 0.25) is 0 Å². The fraction of sp³-hybridized carbons (Fsp3) is 1.00. The molecule has 0 radical (unpaired) electrons. The van der Waals surface area contributed by atoms with Gasteiger partial charge in [-0.25, -0.2) is 4.57 Å². The monoisotopic (exact) mass is 482 g/mol. The summed E-state index contributed by atoms with van der Waals surface area (Å²) in [6, 6.07) is 0. The first-order valence-electron chi connectivity index (χ1n) is 12.9. The van der Waals surface area contributed by atoms with Crippen molar-refractivity contribution in [3.05, 3.63) is 0 Å². The molecule has 0 heterocycles. The van der Waals surface area contributed by atoms with Gasteiger partial charge in [0.25, 0.3) is 0 Å². The Morgan fingerprint density at radius 2 is 1.16 bits per heavy atom. The number of quaternary nitrogens is 1. The number of phosphoric ester groups is 1. The summed E-state index contributed by atoms with van der Waals surface area (Å²) in [6.07, 6.45) is 17.4. The minimum atomic E-state index is -4.07. The molecule has 32 heavy (non-hydrogen) atoms. The van der Waals surface area contributed by atoms with Gasteiger partial charge in [-0.1, -0.05) is 90.4 Å². The number of ether oxygens (including phenoxy) is 1. The van der Waals surface area contributed by atoms with E-state index in [-0.39, 0.29) is 19.6 Å². The Kier molecular flexibility index (Phi) is 20.4. The zero-order chi connectivity index (χ0) is 24.1. The zero-order valence-electron chi connectivity index (χ0n) is 21.4. The predicted molar refractivity (Wildman–Crippen MR) is 132 cm³/mol. The van der Waals surface area contributed by atoms with Crippen molar-refractivity contribution in [2.24, 2.45) is 0 Å².